The molecule has 0 aromatic rings. The second-order valence-corrected chi connectivity index (χ2v) is 9.89. The van der Waals surface area contributed by atoms with Crippen molar-refractivity contribution in [3.05, 3.63) is 0 Å². The van der Waals surface area contributed by atoms with E-state index < -0.39 is 9.84 Å². The van der Waals surface area contributed by atoms with Crippen molar-refractivity contribution in [3.63, 3.8) is 0 Å². The van der Waals surface area contributed by atoms with E-state index in [1.807, 2.05) is 11.8 Å². The van der Waals surface area contributed by atoms with Crippen LogP contribution in [0.5, 0.6) is 0 Å². The SMILES string of the molecule is CN=C(NCC1CCS(=O)(=O)C1)NCC1(C)CCCS1.I. The zero-order valence-electron chi connectivity index (χ0n) is 12.7. The predicted molar refractivity (Wildman–Crippen MR) is 102 cm³/mol. The maximum Gasteiger partial charge on any atom is 0.191 e. The van der Waals surface area contributed by atoms with Crippen LogP contribution < -0.4 is 10.6 Å². The van der Waals surface area contributed by atoms with Crippen molar-refractivity contribution >= 4 is 51.5 Å². The molecule has 2 heterocycles. The standard InChI is InChI=1S/C13H25N3O2S2.HI/c1-13(5-3-6-19-13)10-16-12(14-2)15-8-11-4-7-20(17,18)9-11;/h11H,3-10H2,1-2H3,(H2,14,15,16);1H. The van der Waals surface area contributed by atoms with Crippen molar-refractivity contribution in [2.45, 2.75) is 30.9 Å². The Balaban J connectivity index is 0.00000220. The lowest BCUT2D eigenvalue weighted by Gasteiger charge is -2.24. The number of hydrogen-bond acceptors (Lipinski definition) is 4. The largest absolute Gasteiger partial charge is 0.356 e. The van der Waals surface area contributed by atoms with Gasteiger partial charge in [-0.1, -0.05) is 0 Å². The maximum absolute atomic E-state index is 11.4. The molecule has 2 N–H and O–H groups in total. The zero-order chi connectivity index (χ0) is 14.6. The van der Waals surface area contributed by atoms with Crippen molar-refractivity contribution in [3.8, 4) is 0 Å². The van der Waals surface area contributed by atoms with Gasteiger partial charge in [0.05, 0.1) is 11.5 Å². The Kier molecular flexibility index (Phi) is 7.59. The molecule has 2 atom stereocenters. The van der Waals surface area contributed by atoms with Crippen LogP contribution in [-0.4, -0.2) is 56.5 Å². The van der Waals surface area contributed by atoms with Crippen LogP contribution in [-0.2, 0) is 9.84 Å². The number of nitrogens with one attached hydrogen (secondary N) is 2. The first kappa shape index (κ1) is 19.3. The normalized spacial score (nSPS) is 31.7. The lowest BCUT2D eigenvalue weighted by atomic mass is 10.1. The molecule has 0 spiro atoms. The Bertz CT molecular complexity index is 462. The maximum atomic E-state index is 11.4. The third-order valence-corrected chi connectivity index (χ3v) is 7.41. The van der Waals surface area contributed by atoms with Crippen LogP contribution in [0.3, 0.4) is 0 Å². The number of hydrogen-bond donors (Lipinski definition) is 2. The quantitative estimate of drug-likeness (QED) is 0.388. The topological polar surface area (TPSA) is 70.6 Å². The molecule has 0 saturated carbocycles. The first-order valence-electron chi connectivity index (χ1n) is 7.21. The summed E-state index contributed by atoms with van der Waals surface area (Å²) in [6.07, 6.45) is 3.29. The molecule has 8 heteroatoms. The number of guanidine groups is 1. The molecule has 2 aliphatic rings. The number of aliphatic imine (C=N–C) groups is 1. The predicted octanol–water partition coefficient (Wildman–Crippen LogP) is 1.49. The van der Waals surface area contributed by atoms with Gasteiger partial charge in [0.25, 0.3) is 0 Å². The van der Waals surface area contributed by atoms with Crippen molar-refractivity contribution < 1.29 is 8.42 Å². The molecular weight excluding hydrogens is 421 g/mol. The highest BCUT2D eigenvalue weighted by Gasteiger charge is 2.30. The third-order valence-electron chi connectivity index (χ3n) is 4.04. The van der Waals surface area contributed by atoms with Gasteiger partial charge in [0, 0.05) is 24.9 Å². The third kappa shape index (κ3) is 6.13. The van der Waals surface area contributed by atoms with E-state index in [9.17, 15) is 8.42 Å². The Morgan fingerprint density at radius 1 is 1.43 bits per heavy atom. The molecule has 0 amide bonds. The smallest absolute Gasteiger partial charge is 0.191 e. The lowest BCUT2D eigenvalue weighted by molar-refractivity contribution is 0.555. The van der Waals surface area contributed by atoms with Gasteiger partial charge in [-0.05, 0) is 37.9 Å². The van der Waals surface area contributed by atoms with Gasteiger partial charge in [0.15, 0.2) is 15.8 Å². The van der Waals surface area contributed by atoms with Gasteiger partial charge in [0.2, 0.25) is 0 Å². The summed E-state index contributed by atoms with van der Waals surface area (Å²) in [4.78, 5) is 4.21. The van der Waals surface area contributed by atoms with Gasteiger partial charge in [-0.25, -0.2) is 8.42 Å². The van der Waals surface area contributed by atoms with E-state index in [4.69, 9.17) is 0 Å². The summed E-state index contributed by atoms with van der Waals surface area (Å²) >= 11 is 2.02. The molecule has 2 aliphatic heterocycles. The van der Waals surface area contributed by atoms with E-state index in [2.05, 4.69) is 22.5 Å². The highest BCUT2D eigenvalue weighted by molar-refractivity contribution is 14.0. The molecular formula is C13H26IN3O2S2. The molecule has 2 saturated heterocycles. The Labute approximate surface area is 149 Å². The molecule has 124 valence electrons. The van der Waals surface area contributed by atoms with Crippen LogP contribution in [0.1, 0.15) is 26.2 Å². The van der Waals surface area contributed by atoms with Crippen molar-refractivity contribution in [2.75, 3.05) is 37.4 Å². The van der Waals surface area contributed by atoms with E-state index in [-0.39, 0.29) is 29.9 Å². The molecule has 0 radical (unpaired) electrons. The summed E-state index contributed by atoms with van der Waals surface area (Å²) < 4.78 is 23.1. The number of sulfone groups is 1. The molecule has 0 aromatic carbocycles. The summed E-state index contributed by atoms with van der Waals surface area (Å²) in [6.45, 7) is 3.87. The fraction of sp³-hybridized carbons (Fsp3) is 0.923. The van der Waals surface area contributed by atoms with Crippen LogP contribution in [0.4, 0.5) is 0 Å². The van der Waals surface area contributed by atoms with Crippen LogP contribution in [0.25, 0.3) is 0 Å². The van der Waals surface area contributed by atoms with Crippen LogP contribution in [0.2, 0.25) is 0 Å². The van der Waals surface area contributed by atoms with Gasteiger partial charge in [-0.3, -0.25) is 4.99 Å². The van der Waals surface area contributed by atoms with E-state index in [1.165, 1.54) is 18.6 Å². The average Bonchev–Trinajstić information content (AvgIpc) is 2.96. The highest BCUT2D eigenvalue weighted by atomic mass is 127. The monoisotopic (exact) mass is 447 g/mol. The van der Waals surface area contributed by atoms with Gasteiger partial charge < -0.3 is 10.6 Å². The first-order valence-corrected chi connectivity index (χ1v) is 10.0. The molecule has 21 heavy (non-hydrogen) atoms. The van der Waals surface area contributed by atoms with Gasteiger partial charge in [-0.15, -0.1) is 24.0 Å². The number of rotatable bonds is 4. The summed E-state index contributed by atoms with van der Waals surface area (Å²) in [5, 5.41) is 6.62. The molecule has 0 aliphatic carbocycles. The summed E-state index contributed by atoms with van der Waals surface area (Å²) in [7, 11) is -1.03. The first-order chi connectivity index (χ1) is 9.42. The molecule has 5 nitrogen and oxygen atoms in total. The molecule has 2 fully saturated rings. The Morgan fingerprint density at radius 2 is 2.19 bits per heavy atom. The van der Waals surface area contributed by atoms with Crippen LogP contribution in [0, 0.1) is 5.92 Å². The molecule has 2 unspecified atom stereocenters. The fourth-order valence-corrected chi connectivity index (χ4v) is 5.85. The number of nitrogens with zero attached hydrogens (tertiary/aromatic N) is 1. The Hall–Kier alpha value is 0.300. The van der Waals surface area contributed by atoms with E-state index in [1.54, 1.807) is 7.05 Å². The van der Waals surface area contributed by atoms with E-state index in [0.29, 0.717) is 22.8 Å². The minimum absolute atomic E-state index is 0. The van der Waals surface area contributed by atoms with Crippen molar-refractivity contribution in [1.82, 2.24) is 10.6 Å². The van der Waals surface area contributed by atoms with Crippen molar-refractivity contribution in [2.24, 2.45) is 10.9 Å². The van der Waals surface area contributed by atoms with Gasteiger partial charge in [-0.2, -0.15) is 11.8 Å². The second-order valence-electron chi connectivity index (χ2n) is 5.98. The highest BCUT2D eigenvalue weighted by Crippen LogP contribution is 2.36. The number of thioether (sulfide) groups is 1. The van der Waals surface area contributed by atoms with Crippen LogP contribution >= 0.6 is 35.7 Å². The molecule has 0 bridgehead atoms. The minimum atomic E-state index is -2.79. The molecule has 2 rings (SSSR count). The minimum Gasteiger partial charge on any atom is -0.356 e. The van der Waals surface area contributed by atoms with Gasteiger partial charge >= 0.3 is 0 Å². The summed E-state index contributed by atoms with van der Waals surface area (Å²) in [5.74, 6) is 2.88. The summed E-state index contributed by atoms with van der Waals surface area (Å²) in [6, 6.07) is 0. The molecule has 0 aromatic heterocycles. The summed E-state index contributed by atoms with van der Waals surface area (Å²) in [5.41, 5.74) is 0. The lowest BCUT2D eigenvalue weighted by Crippen LogP contribution is -2.45. The van der Waals surface area contributed by atoms with Crippen molar-refractivity contribution in [1.29, 1.82) is 0 Å². The average molecular weight is 447 g/mol. The second kappa shape index (κ2) is 8.24. The zero-order valence-corrected chi connectivity index (χ0v) is 16.7. The van der Waals surface area contributed by atoms with E-state index >= 15 is 0 Å². The van der Waals surface area contributed by atoms with Gasteiger partial charge in [0.1, 0.15) is 0 Å². The van der Waals surface area contributed by atoms with Crippen LogP contribution in [0.15, 0.2) is 4.99 Å². The Morgan fingerprint density at radius 3 is 2.71 bits per heavy atom. The fourth-order valence-electron chi connectivity index (χ4n) is 2.74. The van der Waals surface area contributed by atoms with E-state index in [0.717, 1.165) is 18.9 Å². The number of halogens is 1.